The highest BCUT2D eigenvalue weighted by molar-refractivity contribution is 5.84. The average molecular weight is 535 g/mol. The first-order valence-electron chi connectivity index (χ1n) is 14.1. The average Bonchev–Trinajstić information content (AvgIpc) is 2.95. The lowest BCUT2D eigenvalue weighted by molar-refractivity contribution is 0.192. The minimum atomic E-state index is -0.260. The predicted molar refractivity (Wildman–Crippen MR) is 160 cm³/mol. The largest absolute Gasteiger partial charge is 0.352 e. The molecule has 1 N–H and O–H groups in total. The van der Waals surface area contributed by atoms with Gasteiger partial charge in [0.1, 0.15) is 5.82 Å². The monoisotopic (exact) mass is 534 g/mol. The van der Waals surface area contributed by atoms with Crippen LogP contribution in [0.1, 0.15) is 32.4 Å². The zero-order valence-corrected chi connectivity index (χ0v) is 23.3. The van der Waals surface area contributed by atoms with Crippen molar-refractivity contribution in [2.24, 2.45) is 10.9 Å². The van der Waals surface area contributed by atoms with Crippen molar-refractivity contribution in [1.29, 1.82) is 0 Å². The second-order valence-corrected chi connectivity index (χ2v) is 11.1. The van der Waals surface area contributed by atoms with Gasteiger partial charge in [-0.3, -0.25) is 9.98 Å². The molecule has 0 unspecified atom stereocenters. The third-order valence-corrected chi connectivity index (χ3v) is 7.47. The number of hydrogen-bond donors (Lipinski definition) is 1. The van der Waals surface area contributed by atoms with E-state index < -0.39 is 0 Å². The molecule has 0 amide bonds. The molecule has 7 heteroatoms. The predicted octanol–water partition coefficient (Wildman–Crippen LogP) is 6.74. The van der Waals surface area contributed by atoms with Crippen LogP contribution in [0.4, 0.5) is 15.8 Å². The third-order valence-electron chi connectivity index (χ3n) is 7.47. The Morgan fingerprint density at radius 1 is 1.00 bits per heavy atom. The molecule has 2 aromatic carbocycles. The van der Waals surface area contributed by atoms with Gasteiger partial charge >= 0.3 is 0 Å². The Morgan fingerprint density at radius 3 is 2.50 bits per heavy atom. The highest BCUT2D eigenvalue weighted by Crippen LogP contribution is 2.30. The first-order valence-corrected chi connectivity index (χ1v) is 14.1. The van der Waals surface area contributed by atoms with Crippen molar-refractivity contribution in [2.45, 2.75) is 39.7 Å². The van der Waals surface area contributed by atoms with Gasteiger partial charge in [0.2, 0.25) is 0 Å². The van der Waals surface area contributed by atoms with Crippen molar-refractivity contribution >= 4 is 22.4 Å². The molecule has 2 aliphatic heterocycles. The van der Waals surface area contributed by atoms with Gasteiger partial charge in [0.25, 0.3) is 0 Å². The van der Waals surface area contributed by atoms with E-state index in [-0.39, 0.29) is 11.9 Å². The minimum Gasteiger partial charge on any atom is -0.352 e. The number of rotatable bonds is 6. The summed E-state index contributed by atoms with van der Waals surface area (Å²) in [6.07, 6.45) is 3.91. The zero-order chi connectivity index (χ0) is 27.6. The topological polar surface area (TPSA) is 58.3 Å². The van der Waals surface area contributed by atoms with Crippen molar-refractivity contribution < 1.29 is 4.39 Å². The van der Waals surface area contributed by atoms with E-state index in [0.717, 1.165) is 83.0 Å². The van der Waals surface area contributed by atoms with Gasteiger partial charge in [-0.25, -0.2) is 9.37 Å². The number of aromatic nitrogens is 3. The van der Waals surface area contributed by atoms with Crippen LogP contribution in [0, 0.1) is 18.7 Å². The number of halogens is 1. The van der Waals surface area contributed by atoms with Gasteiger partial charge in [-0.05, 0) is 86.3 Å². The molecule has 0 bridgehead atoms. The van der Waals surface area contributed by atoms with Crippen LogP contribution in [0.15, 0.2) is 84.0 Å². The molecule has 1 aliphatic carbocycles. The highest BCUT2D eigenvalue weighted by atomic mass is 19.1. The maximum Gasteiger partial charge on any atom is 0.123 e. The summed E-state index contributed by atoms with van der Waals surface area (Å²) in [5.41, 5.74) is 7.22. The van der Waals surface area contributed by atoms with Crippen LogP contribution in [0.5, 0.6) is 0 Å². The molecular weight excluding hydrogens is 499 g/mol. The number of piperidine rings is 1. The summed E-state index contributed by atoms with van der Waals surface area (Å²) >= 11 is 0. The number of anilines is 2. The lowest BCUT2D eigenvalue weighted by atomic mass is 10.0. The SMILES string of the molecule is Cc1ccc(Nc2cc3nc4ccccc4n(-c4ccc(F)cc4)c-3c/c2=N\C2CCN(CC(C)C)CC2)cn1. The molecule has 0 radical (unpaired) electrons. The molecule has 6 nitrogen and oxygen atoms in total. The standard InChI is InChI=1S/C33H35FN6/c1-22(2)21-39-16-14-25(15-17-39)36-30-19-33-31(18-29(30)37-26-11-8-23(3)35-20-26)38-28-6-4-5-7-32(28)40(33)27-12-9-24(34)10-13-27/h4-13,18-20,22,25,37H,14-17,21H2,1-3H3/b36-30+. The molecule has 0 spiro atoms. The number of likely N-dealkylation sites (tertiary alicyclic amines) is 1. The molecule has 40 heavy (non-hydrogen) atoms. The molecule has 204 valence electrons. The lowest BCUT2D eigenvalue weighted by Gasteiger charge is -2.31. The normalized spacial score (nSPS) is 15.4. The summed E-state index contributed by atoms with van der Waals surface area (Å²) in [4.78, 5) is 17.4. The maximum atomic E-state index is 13.9. The molecule has 0 saturated carbocycles. The summed E-state index contributed by atoms with van der Waals surface area (Å²) in [5, 5.41) is 4.46. The minimum absolute atomic E-state index is 0.241. The van der Waals surface area contributed by atoms with Gasteiger partial charge in [-0.15, -0.1) is 0 Å². The summed E-state index contributed by atoms with van der Waals surface area (Å²) in [6, 6.07) is 23.2. The molecule has 3 aromatic rings. The fourth-order valence-corrected chi connectivity index (χ4v) is 5.56. The maximum absolute atomic E-state index is 13.9. The number of nitrogens with zero attached hydrogens (tertiary/aromatic N) is 5. The Morgan fingerprint density at radius 2 is 1.77 bits per heavy atom. The summed E-state index contributed by atoms with van der Waals surface area (Å²) in [7, 11) is 0. The Balaban J connectivity index is 1.51. The Labute approximate surface area is 234 Å². The number of fused-ring (bicyclic) bond motifs is 2. The Bertz CT molecular complexity index is 1650. The lowest BCUT2D eigenvalue weighted by Crippen LogP contribution is -2.38. The van der Waals surface area contributed by atoms with E-state index in [4.69, 9.17) is 9.98 Å². The van der Waals surface area contributed by atoms with E-state index in [2.05, 4.69) is 51.8 Å². The van der Waals surface area contributed by atoms with Gasteiger partial charge in [-0.1, -0.05) is 26.0 Å². The van der Waals surface area contributed by atoms with Gasteiger partial charge < -0.3 is 14.8 Å². The van der Waals surface area contributed by atoms with Gasteiger partial charge in [0.05, 0.1) is 51.4 Å². The van der Waals surface area contributed by atoms with Crippen molar-refractivity contribution in [3.63, 3.8) is 0 Å². The molecule has 1 aromatic heterocycles. The molecule has 3 heterocycles. The second-order valence-electron chi connectivity index (χ2n) is 11.1. The van der Waals surface area contributed by atoms with Crippen molar-refractivity contribution in [3.05, 3.63) is 95.9 Å². The number of nitrogens with one attached hydrogen (secondary N) is 1. The third kappa shape index (κ3) is 5.61. The van der Waals surface area contributed by atoms with Crippen LogP contribution in [-0.4, -0.2) is 45.1 Å². The van der Waals surface area contributed by atoms with Crippen molar-refractivity contribution in [2.75, 3.05) is 25.0 Å². The second kappa shape index (κ2) is 11.2. The fraction of sp³-hybridized carbons (Fsp3) is 0.303. The summed E-state index contributed by atoms with van der Waals surface area (Å²) < 4.78 is 16.0. The van der Waals surface area contributed by atoms with Gasteiger partial charge in [0, 0.05) is 31.0 Å². The quantitative estimate of drug-likeness (QED) is 0.245. The highest BCUT2D eigenvalue weighted by Gasteiger charge is 2.21. The van der Waals surface area contributed by atoms with E-state index >= 15 is 0 Å². The number of pyridine rings is 1. The van der Waals surface area contributed by atoms with Crippen molar-refractivity contribution in [3.8, 4) is 17.1 Å². The fourth-order valence-electron chi connectivity index (χ4n) is 5.56. The van der Waals surface area contributed by atoms with Crippen LogP contribution in [-0.2, 0) is 0 Å². The molecule has 1 saturated heterocycles. The van der Waals surface area contributed by atoms with Gasteiger partial charge in [-0.2, -0.15) is 0 Å². The van der Waals surface area contributed by atoms with E-state index in [1.54, 1.807) is 0 Å². The molecule has 6 rings (SSSR count). The van der Waals surface area contributed by atoms with E-state index in [1.165, 1.54) is 12.1 Å². The summed E-state index contributed by atoms with van der Waals surface area (Å²) in [6.45, 7) is 9.79. The van der Waals surface area contributed by atoms with Gasteiger partial charge in [0.15, 0.2) is 0 Å². The first kappa shape index (κ1) is 26.1. The molecule has 1 fully saturated rings. The number of benzene rings is 3. The first-order chi connectivity index (χ1) is 19.4. The van der Waals surface area contributed by atoms with Crippen molar-refractivity contribution in [1.82, 2.24) is 19.4 Å². The smallest absolute Gasteiger partial charge is 0.123 e. The van der Waals surface area contributed by atoms with Crippen LogP contribution in [0.2, 0.25) is 0 Å². The number of aryl methyl sites for hydroxylation is 1. The van der Waals surface area contributed by atoms with E-state index in [1.807, 2.05) is 55.6 Å². The molecule has 0 atom stereocenters. The Kier molecular flexibility index (Phi) is 7.30. The van der Waals surface area contributed by atoms with Crippen LogP contribution >= 0.6 is 0 Å². The molecular formula is C33H35FN6. The Hall–Kier alpha value is -4.10. The zero-order valence-electron chi connectivity index (χ0n) is 23.3. The van der Waals surface area contributed by atoms with E-state index in [0.29, 0.717) is 5.92 Å². The van der Waals surface area contributed by atoms with Crippen LogP contribution < -0.4 is 10.7 Å². The number of para-hydroxylation sites is 2. The van der Waals surface area contributed by atoms with Crippen LogP contribution in [0.3, 0.4) is 0 Å². The van der Waals surface area contributed by atoms with E-state index in [9.17, 15) is 4.39 Å². The molecule has 3 aliphatic rings. The number of hydrogen-bond acceptors (Lipinski definition) is 5. The summed E-state index contributed by atoms with van der Waals surface area (Å²) in [5.74, 6) is 0.404. The van der Waals surface area contributed by atoms with Crippen LogP contribution in [0.25, 0.3) is 28.1 Å².